The highest BCUT2D eigenvalue weighted by Crippen LogP contribution is 2.40. The first-order chi connectivity index (χ1) is 11.6. The molecule has 0 unspecified atom stereocenters. The van der Waals surface area contributed by atoms with Crippen molar-refractivity contribution in [3.63, 3.8) is 0 Å². The quantitative estimate of drug-likeness (QED) is 0.822. The van der Waals surface area contributed by atoms with E-state index in [0.29, 0.717) is 24.4 Å². The number of rotatable bonds is 5. The van der Waals surface area contributed by atoms with E-state index in [1.807, 2.05) is 39.0 Å². The van der Waals surface area contributed by atoms with Crippen LogP contribution in [0.2, 0.25) is 5.02 Å². The number of hydrogen-bond acceptors (Lipinski definition) is 4. The molecule has 7 heteroatoms. The van der Waals surface area contributed by atoms with Crippen LogP contribution in [0.25, 0.3) is 10.9 Å². The van der Waals surface area contributed by atoms with E-state index in [0.717, 1.165) is 23.0 Å². The zero-order valence-corrected chi connectivity index (χ0v) is 16.3. The normalized spacial score (nSPS) is 17.3. The number of pyridine rings is 1. The second-order valence-corrected chi connectivity index (χ2v) is 10.3. The maximum absolute atomic E-state index is 12.9. The Morgan fingerprint density at radius 3 is 2.56 bits per heavy atom. The van der Waals surface area contributed by atoms with Crippen LogP contribution < -0.4 is 10.0 Å². The highest BCUT2D eigenvalue weighted by atomic mass is 35.5. The maximum atomic E-state index is 12.9. The molecule has 2 N–H and O–H groups in total. The average molecular weight is 382 g/mol. The van der Waals surface area contributed by atoms with Gasteiger partial charge >= 0.3 is 0 Å². The number of aromatic nitrogens is 1. The number of fused-ring (bicyclic) bond motifs is 1. The van der Waals surface area contributed by atoms with Gasteiger partial charge in [0.05, 0.1) is 5.52 Å². The number of halogens is 1. The van der Waals surface area contributed by atoms with Crippen LogP contribution in [0.15, 0.2) is 30.5 Å². The molecule has 0 bridgehead atoms. The lowest BCUT2D eigenvalue weighted by Crippen LogP contribution is -2.58. The average Bonchev–Trinajstić information content (AvgIpc) is 2.42. The van der Waals surface area contributed by atoms with Gasteiger partial charge in [0.2, 0.25) is 10.0 Å². The Hall–Kier alpha value is -1.37. The molecule has 1 fully saturated rings. The van der Waals surface area contributed by atoms with Gasteiger partial charge in [-0.3, -0.25) is 4.98 Å². The van der Waals surface area contributed by atoms with Gasteiger partial charge in [-0.2, -0.15) is 0 Å². The third-order valence-corrected chi connectivity index (χ3v) is 7.39. The van der Waals surface area contributed by atoms with Crippen molar-refractivity contribution in [3.8, 4) is 0 Å². The van der Waals surface area contributed by atoms with E-state index in [4.69, 9.17) is 11.6 Å². The summed E-state index contributed by atoms with van der Waals surface area (Å²) >= 11 is 6.03. The Labute approximate surface area is 154 Å². The minimum Gasteiger partial charge on any atom is -0.383 e. The van der Waals surface area contributed by atoms with Crippen LogP contribution in [0.5, 0.6) is 0 Å². The van der Waals surface area contributed by atoms with E-state index >= 15 is 0 Å². The van der Waals surface area contributed by atoms with E-state index in [1.165, 1.54) is 0 Å². The summed E-state index contributed by atoms with van der Waals surface area (Å²) in [6.45, 7) is 5.97. The van der Waals surface area contributed by atoms with Gasteiger partial charge in [-0.25, -0.2) is 13.1 Å². The van der Waals surface area contributed by atoms with Gasteiger partial charge in [0.15, 0.2) is 0 Å². The van der Waals surface area contributed by atoms with Crippen LogP contribution in [0, 0.1) is 0 Å². The highest BCUT2D eigenvalue weighted by molar-refractivity contribution is 7.91. The lowest BCUT2D eigenvalue weighted by atomic mass is 9.84. The predicted octanol–water partition coefficient (Wildman–Crippen LogP) is 3.94. The summed E-state index contributed by atoms with van der Waals surface area (Å²) in [4.78, 5) is 4.32. The third-order valence-electron chi connectivity index (χ3n) is 4.58. The van der Waals surface area contributed by atoms with E-state index in [9.17, 15) is 8.42 Å². The monoisotopic (exact) mass is 381 g/mol. The summed E-state index contributed by atoms with van der Waals surface area (Å²) in [6.07, 6.45) is 3.97. The Bertz CT molecular complexity index is 887. The molecule has 0 radical (unpaired) electrons. The Morgan fingerprint density at radius 2 is 1.96 bits per heavy atom. The predicted molar refractivity (Wildman–Crippen MR) is 104 cm³/mol. The van der Waals surface area contributed by atoms with Crippen LogP contribution >= 0.6 is 11.6 Å². The summed E-state index contributed by atoms with van der Waals surface area (Å²) in [7, 11) is -3.42. The third kappa shape index (κ3) is 3.76. The van der Waals surface area contributed by atoms with Gasteiger partial charge in [0.25, 0.3) is 0 Å². The van der Waals surface area contributed by atoms with Crippen molar-refractivity contribution in [1.82, 2.24) is 9.71 Å². The summed E-state index contributed by atoms with van der Waals surface area (Å²) in [6, 6.07) is 7.39. The van der Waals surface area contributed by atoms with Crippen molar-refractivity contribution in [2.75, 3.05) is 11.9 Å². The maximum Gasteiger partial charge on any atom is 0.219 e. The Kier molecular flexibility index (Phi) is 4.73. The molecule has 0 saturated heterocycles. The first kappa shape index (κ1) is 18.4. The van der Waals surface area contributed by atoms with E-state index in [1.54, 1.807) is 12.3 Å². The van der Waals surface area contributed by atoms with Crippen LogP contribution in [0.1, 0.15) is 40.0 Å². The fourth-order valence-electron chi connectivity index (χ4n) is 3.15. The number of hydrogen-bond donors (Lipinski definition) is 2. The van der Waals surface area contributed by atoms with E-state index in [-0.39, 0.29) is 0 Å². The van der Waals surface area contributed by atoms with Gasteiger partial charge in [0.1, 0.15) is 4.75 Å². The van der Waals surface area contributed by atoms with Gasteiger partial charge < -0.3 is 5.32 Å². The van der Waals surface area contributed by atoms with Crippen molar-refractivity contribution >= 4 is 38.2 Å². The molecule has 0 amide bonds. The molecule has 136 valence electrons. The zero-order valence-electron chi connectivity index (χ0n) is 14.8. The molecule has 5 nitrogen and oxygen atoms in total. The fraction of sp³-hybridized carbons (Fsp3) is 0.500. The van der Waals surface area contributed by atoms with Crippen LogP contribution in [-0.2, 0) is 10.0 Å². The van der Waals surface area contributed by atoms with Crippen molar-refractivity contribution in [2.45, 2.75) is 50.3 Å². The zero-order chi connectivity index (χ0) is 18.3. The van der Waals surface area contributed by atoms with Gasteiger partial charge in [-0.05, 0) is 57.9 Å². The minimum absolute atomic E-state index is 0.375. The standard InChI is InChI=1S/C18H24ClN3O2S/c1-17(2,3)22-25(23,24)18(8-4-9-18)12-21-15-7-10-20-16-11-13(19)5-6-14(15)16/h5-7,10-11,22H,4,8-9,12H2,1-3H3,(H,20,21). The summed E-state index contributed by atoms with van der Waals surface area (Å²) in [5.74, 6) is 0. The highest BCUT2D eigenvalue weighted by Gasteiger charge is 2.49. The van der Waals surface area contributed by atoms with E-state index in [2.05, 4.69) is 15.0 Å². The van der Waals surface area contributed by atoms with Crippen molar-refractivity contribution < 1.29 is 8.42 Å². The number of sulfonamides is 1. The molecular weight excluding hydrogens is 358 g/mol. The topological polar surface area (TPSA) is 71.1 Å². The molecule has 0 spiro atoms. The molecule has 0 atom stereocenters. The minimum atomic E-state index is -3.42. The molecule has 1 saturated carbocycles. The second-order valence-electron chi connectivity index (χ2n) is 7.77. The second kappa shape index (κ2) is 6.41. The van der Waals surface area contributed by atoms with Crippen LogP contribution in [0.3, 0.4) is 0 Å². The molecule has 1 aromatic heterocycles. The van der Waals surface area contributed by atoms with Crippen molar-refractivity contribution in [2.24, 2.45) is 0 Å². The molecule has 1 aliphatic carbocycles. The largest absolute Gasteiger partial charge is 0.383 e. The fourth-order valence-corrected chi connectivity index (χ4v) is 5.43. The Balaban J connectivity index is 1.85. The van der Waals surface area contributed by atoms with Gasteiger partial charge in [0, 0.05) is 34.4 Å². The number of anilines is 1. The van der Waals surface area contributed by atoms with Gasteiger partial charge in [-0.15, -0.1) is 0 Å². The lowest BCUT2D eigenvalue weighted by molar-refractivity contribution is 0.339. The smallest absolute Gasteiger partial charge is 0.219 e. The van der Waals surface area contributed by atoms with Crippen molar-refractivity contribution in [1.29, 1.82) is 0 Å². The van der Waals surface area contributed by atoms with Crippen LogP contribution in [-0.4, -0.2) is 30.2 Å². The Morgan fingerprint density at radius 1 is 1.24 bits per heavy atom. The molecule has 25 heavy (non-hydrogen) atoms. The first-order valence-electron chi connectivity index (χ1n) is 8.44. The molecule has 0 aliphatic heterocycles. The molecule has 1 aliphatic rings. The first-order valence-corrected chi connectivity index (χ1v) is 10.3. The van der Waals surface area contributed by atoms with Crippen molar-refractivity contribution in [3.05, 3.63) is 35.5 Å². The number of nitrogens with zero attached hydrogens (tertiary/aromatic N) is 1. The number of nitrogens with one attached hydrogen (secondary N) is 2. The molecule has 3 rings (SSSR count). The molecular formula is C18H24ClN3O2S. The summed E-state index contributed by atoms with van der Waals surface area (Å²) in [5, 5.41) is 4.90. The van der Waals surface area contributed by atoms with E-state index < -0.39 is 20.3 Å². The molecule has 1 heterocycles. The molecule has 1 aromatic carbocycles. The molecule has 2 aromatic rings. The van der Waals surface area contributed by atoms with Gasteiger partial charge in [-0.1, -0.05) is 18.0 Å². The summed E-state index contributed by atoms with van der Waals surface area (Å²) < 4.78 is 27.9. The number of benzene rings is 1. The summed E-state index contributed by atoms with van der Waals surface area (Å²) in [5.41, 5.74) is 1.18. The SMILES string of the molecule is CC(C)(C)NS(=O)(=O)C1(CNc2ccnc3cc(Cl)ccc23)CCC1. The lowest BCUT2D eigenvalue weighted by Gasteiger charge is -2.42. The van der Waals surface area contributed by atoms with Crippen LogP contribution in [0.4, 0.5) is 5.69 Å².